The van der Waals surface area contributed by atoms with Gasteiger partial charge < -0.3 is 18.6 Å². The summed E-state index contributed by atoms with van der Waals surface area (Å²) in [7, 11) is -0.165. The number of ether oxygens (including phenoxy) is 2. The van der Waals surface area contributed by atoms with Gasteiger partial charge in [0.15, 0.2) is 17.3 Å². The SMILES string of the molecule is CCS(=N)(=O)c1c(-c2nc3cc4c(cc3n2C)OC(F)(F)C(F)(F)O4)nc(-c2ccc(Cl)cc2)n1C. The highest BCUT2D eigenvalue weighted by Crippen LogP contribution is 2.48. The molecule has 0 saturated carbocycles. The van der Waals surface area contributed by atoms with Crippen LogP contribution in [0.2, 0.25) is 5.02 Å². The lowest BCUT2D eigenvalue weighted by molar-refractivity contribution is -0.391. The van der Waals surface area contributed by atoms with Gasteiger partial charge in [0.2, 0.25) is 0 Å². The Kier molecular flexibility index (Phi) is 5.31. The van der Waals surface area contributed by atoms with Crippen LogP contribution in [0, 0.1) is 4.78 Å². The quantitative estimate of drug-likeness (QED) is 0.334. The number of hydrogen-bond acceptors (Lipinski definition) is 6. The summed E-state index contributed by atoms with van der Waals surface area (Å²) in [6.07, 6.45) is -9.74. The van der Waals surface area contributed by atoms with Crippen LogP contribution in [0.1, 0.15) is 6.92 Å². The number of nitrogens with zero attached hydrogens (tertiary/aromatic N) is 4. The predicted octanol–water partition coefficient (Wildman–Crippen LogP) is 5.68. The summed E-state index contributed by atoms with van der Waals surface area (Å²) in [4.78, 5) is 9.06. The van der Waals surface area contributed by atoms with E-state index >= 15 is 0 Å². The molecule has 0 fully saturated rings. The third kappa shape index (κ3) is 3.60. The molecular weight excluding hydrogens is 526 g/mol. The van der Waals surface area contributed by atoms with Crippen LogP contribution in [0.15, 0.2) is 41.4 Å². The zero-order valence-corrected chi connectivity index (χ0v) is 20.6. The van der Waals surface area contributed by atoms with Crippen LogP contribution in [0.5, 0.6) is 11.5 Å². The van der Waals surface area contributed by atoms with Crippen molar-refractivity contribution in [2.45, 2.75) is 24.2 Å². The fraction of sp³-hybridized carbons (Fsp3) is 0.273. The molecule has 5 rings (SSSR count). The number of aryl methyl sites for hydroxylation is 1. The van der Waals surface area contributed by atoms with Gasteiger partial charge in [-0.1, -0.05) is 18.5 Å². The Morgan fingerprint density at radius 3 is 2.14 bits per heavy atom. The third-order valence-corrected chi connectivity index (χ3v) is 7.99. The lowest BCUT2D eigenvalue weighted by atomic mass is 10.2. The van der Waals surface area contributed by atoms with Crippen LogP contribution in [0.4, 0.5) is 17.6 Å². The first-order chi connectivity index (χ1) is 16.8. The lowest BCUT2D eigenvalue weighted by Gasteiger charge is -2.31. The third-order valence-electron chi connectivity index (χ3n) is 5.84. The zero-order valence-electron chi connectivity index (χ0n) is 19.0. The van der Waals surface area contributed by atoms with Crippen molar-refractivity contribution >= 4 is 32.4 Å². The van der Waals surface area contributed by atoms with Gasteiger partial charge in [0.05, 0.1) is 20.8 Å². The summed E-state index contributed by atoms with van der Waals surface area (Å²) >= 11 is 5.99. The minimum absolute atomic E-state index is 0.0102. The van der Waals surface area contributed by atoms with E-state index in [1.807, 2.05) is 0 Å². The molecule has 3 heterocycles. The van der Waals surface area contributed by atoms with Gasteiger partial charge in [-0.05, 0) is 24.3 Å². The predicted molar refractivity (Wildman–Crippen MR) is 124 cm³/mol. The second-order valence-corrected chi connectivity index (χ2v) is 10.9. The Labute approximate surface area is 207 Å². The Morgan fingerprint density at radius 2 is 1.56 bits per heavy atom. The number of nitrogens with one attached hydrogen (secondary N) is 1. The molecule has 1 aliphatic rings. The number of fused-ring (bicyclic) bond motifs is 2. The Morgan fingerprint density at radius 1 is 0.972 bits per heavy atom. The van der Waals surface area contributed by atoms with E-state index in [1.54, 1.807) is 45.3 Å². The molecule has 36 heavy (non-hydrogen) atoms. The summed E-state index contributed by atoms with van der Waals surface area (Å²) in [5.41, 5.74) is 1.12. The highest BCUT2D eigenvalue weighted by Gasteiger charge is 2.66. The molecule has 1 unspecified atom stereocenters. The Bertz CT molecular complexity index is 1630. The highest BCUT2D eigenvalue weighted by atomic mass is 35.5. The van der Waals surface area contributed by atoms with Crippen molar-refractivity contribution in [3.8, 4) is 34.4 Å². The molecule has 8 nitrogen and oxygen atoms in total. The summed E-state index contributed by atoms with van der Waals surface area (Å²) in [5, 5.41) is 0.606. The van der Waals surface area contributed by atoms with Crippen LogP contribution in [0.3, 0.4) is 0 Å². The van der Waals surface area contributed by atoms with Crippen molar-refractivity contribution in [3.05, 3.63) is 41.4 Å². The van der Waals surface area contributed by atoms with Gasteiger partial charge in [0, 0.05) is 42.6 Å². The molecule has 0 spiro atoms. The molecule has 0 bridgehead atoms. The van der Waals surface area contributed by atoms with Crippen LogP contribution in [-0.2, 0) is 23.8 Å². The second kappa shape index (κ2) is 7.84. The average molecular weight is 544 g/mol. The number of alkyl halides is 4. The van der Waals surface area contributed by atoms with Gasteiger partial charge >= 0.3 is 12.2 Å². The van der Waals surface area contributed by atoms with E-state index in [2.05, 4.69) is 19.4 Å². The van der Waals surface area contributed by atoms with Crippen molar-refractivity contribution in [2.24, 2.45) is 14.1 Å². The van der Waals surface area contributed by atoms with Gasteiger partial charge in [-0.25, -0.2) is 19.0 Å². The molecular formula is C22H18ClF4N5O3S. The standard InChI is InChI=1S/C22H18ClF4N5O3S/c1-4-36(28,33)20-17(30-18(32(20)3)11-5-7-12(23)8-6-11)19-29-13-9-15-16(10-14(13)31(19)2)35-22(26,27)21(24,25)34-15/h5-10,28H,4H2,1-3H3. The van der Waals surface area contributed by atoms with E-state index in [4.69, 9.17) is 16.4 Å². The largest absolute Gasteiger partial charge is 0.507 e. The van der Waals surface area contributed by atoms with Gasteiger partial charge in [-0.3, -0.25) is 0 Å². The maximum atomic E-state index is 13.7. The molecule has 2 aromatic carbocycles. The molecule has 4 aromatic rings. The number of hydrogen-bond donors (Lipinski definition) is 1. The Balaban J connectivity index is 1.74. The van der Waals surface area contributed by atoms with E-state index in [9.17, 15) is 21.8 Å². The maximum absolute atomic E-state index is 13.7. The van der Waals surface area contributed by atoms with E-state index < -0.39 is 33.4 Å². The van der Waals surface area contributed by atoms with Gasteiger partial charge in [-0.15, -0.1) is 0 Å². The summed E-state index contributed by atoms with van der Waals surface area (Å²) in [6.45, 7) is 1.60. The highest BCUT2D eigenvalue weighted by molar-refractivity contribution is 7.92. The Hall–Kier alpha value is -3.32. The molecule has 0 aliphatic carbocycles. The van der Waals surface area contributed by atoms with Crippen molar-refractivity contribution in [2.75, 3.05) is 5.75 Å². The summed E-state index contributed by atoms with van der Waals surface area (Å²) in [5.74, 6) is -0.672. The molecule has 1 N–H and O–H groups in total. The molecule has 0 radical (unpaired) electrons. The number of benzene rings is 2. The van der Waals surface area contributed by atoms with Crippen molar-refractivity contribution < 1.29 is 31.2 Å². The zero-order chi connectivity index (χ0) is 26.2. The summed E-state index contributed by atoms with van der Waals surface area (Å²) < 4.78 is 88.0. The fourth-order valence-corrected chi connectivity index (χ4v) is 5.34. The van der Waals surface area contributed by atoms with Gasteiger partial charge in [0.25, 0.3) is 0 Å². The normalized spacial score (nSPS) is 17.8. The van der Waals surface area contributed by atoms with Crippen LogP contribution in [0.25, 0.3) is 33.9 Å². The molecule has 0 amide bonds. The number of rotatable bonds is 4. The molecule has 1 atom stereocenters. The molecule has 2 aromatic heterocycles. The molecule has 0 saturated heterocycles. The lowest BCUT2D eigenvalue weighted by Crippen LogP contribution is -2.52. The van der Waals surface area contributed by atoms with Crippen LogP contribution < -0.4 is 9.47 Å². The minimum Gasteiger partial charge on any atom is -0.421 e. The van der Waals surface area contributed by atoms with E-state index in [-0.39, 0.29) is 33.3 Å². The smallest absolute Gasteiger partial charge is 0.421 e. The first kappa shape index (κ1) is 24.4. The molecule has 1 aliphatic heterocycles. The minimum atomic E-state index is -4.87. The topological polar surface area (TPSA) is 95.0 Å². The van der Waals surface area contributed by atoms with Crippen molar-refractivity contribution in [1.82, 2.24) is 19.1 Å². The fourth-order valence-electron chi connectivity index (χ4n) is 3.97. The second-order valence-electron chi connectivity index (χ2n) is 8.14. The van der Waals surface area contributed by atoms with Crippen molar-refractivity contribution in [1.29, 1.82) is 4.78 Å². The maximum Gasteiger partial charge on any atom is 0.507 e. The molecule has 14 heteroatoms. The van der Waals surface area contributed by atoms with Crippen molar-refractivity contribution in [3.63, 3.8) is 0 Å². The van der Waals surface area contributed by atoms with E-state index in [0.717, 1.165) is 12.1 Å². The molecule has 190 valence electrons. The monoisotopic (exact) mass is 543 g/mol. The first-order valence-electron chi connectivity index (χ1n) is 10.5. The first-order valence-corrected chi connectivity index (χ1v) is 12.6. The number of aromatic nitrogens is 4. The van der Waals surface area contributed by atoms with E-state index in [1.165, 1.54) is 9.13 Å². The number of imidazole rings is 2. The van der Waals surface area contributed by atoms with Crippen LogP contribution >= 0.6 is 11.6 Å². The average Bonchev–Trinajstić information content (AvgIpc) is 3.30. The van der Waals surface area contributed by atoms with E-state index in [0.29, 0.717) is 16.4 Å². The van der Waals surface area contributed by atoms with Gasteiger partial charge in [-0.2, -0.15) is 17.6 Å². The summed E-state index contributed by atoms with van der Waals surface area (Å²) in [6, 6.07) is 8.91. The van der Waals surface area contributed by atoms with Gasteiger partial charge in [0.1, 0.15) is 16.5 Å². The number of halogens is 5. The van der Waals surface area contributed by atoms with Crippen LogP contribution in [-0.4, -0.2) is 41.3 Å².